The zero-order valence-corrected chi connectivity index (χ0v) is 17.8. The minimum Gasteiger partial charge on any atom is -0.464 e. The predicted molar refractivity (Wildman–Crippen MR) is 111 cm³/mol. The topological polar surface area (TPSA) is 98.8 Å². The summed E-state index contributed by atoms with van der Waals surface area (Å²) in [5, 5.41) is 6.77. The van der Waals surface area contributed by atoms with Gasteiger partial charge in [0.05, 0.1) is 13.3 Å². The Bertz CT molecular complexity index is 903. The van der Waals surface area contributed by atoms with Crippen molar-refractivity contribution in [2.45, 2.75) is 44.3 Å². The molecule has 9 heteroatoms. The van der Waals surface area contributed by atoms with Gasteiger partial charge in [-0.05, 0) is 25.2 Å². The van der Waals surface area contributed by atoms with Crippen molar-refractivity contribution in [1.82, 2.24) is 24.9 Å². The van der Waals surface area contributed by atoms with E-state index in [9.17, 15) is 14.4 Å². The Labute approximate surface area is 181 Å². The lowest BCUT2D eigenvalue weighted by atomic mass is 9.71. The van der Waals surface area contributed by atoms with Crippen molar-refractivity contribution in [2.75, 3.05) is 33.3 Å². The summed E-state index contributed by atoms with van der Waals surface area (Å²) < 4.78 is 4.86. The summed E-state index contributed by atoms with van der Waals surface area (Å²) in [6.07, 6.45) is 9.06. The van der Waals surface area contributed by atoms with Crippen LogP contribution in [0.4, 0.5) is 0 Å². The summed E-state index contributed by atoms with van der Waals surface area (Å²) in [6.45, 7) is 3.39. The van der Waals surface area contributed by atoms with E-state index in [0.29, 0.717) is 37.7 Å². The SMILES string of the molecule is COC(=O)c1[nH]ncc1CN1C[C@@H]2C[C@H](C1)[C@H](C(=O)N1CC=CC1)N1C(=O)CCC[C@@H]21. The fourth-order valence-electron chi connectivity index (χ4n) is 6.00. The van der Waals surface area contributed by atoms with Crippen LogP contribution in [-0.4, -0.2) is 88.1 Å². The molecule has 1 aromatic heterocycles. The number of hydrogen-bond donors (Lipinski definition) is 1. The number of ether oxygens (including phenoxy) is 1. The number of amides is 2. The summed E-state index contributed by atoms with van der Waals surface area (Å²) in [5.74, 6) is 0.223. The van der Waals surface area contributed by atoms with Crippen molar-refractivity contribution >= 4 is 17.8 Å². The van der Waals surface area contributed by atoms with Gasteiger partial charge < -0.3 is 14.5 Å². The Balaban J connectivity index is 1.40. The maximum absolute atomic E-state index is 13.5. The maximum Gasteiger partial charge on any atom is 0.356 e. The second kappa shape index (κ2) is 8.11. The van der Waals surface area contributed by atoms with Crippen molar-refractivity contribution in [3.63, 3.8) is 0 Å². The highest BCUT2D eigenvalue weighted by Crippen LogP contribution is 2.42. The minimum absolute atomic E-state index is 0.0779. The molecule has 5 rings (SSSR count). The van der Waals surface area contributed by atoms with E-state index in [1.807, 2.05) is 22.0 Å². The minimum atomic E-state index is -0.427. The van der Waals surface area contributed by atoms with Crippen molar-refractivity contribution in [3.05, 3.63) is 29.6 Å². The van der Waals surface area contributed by atoms with E-state index in [0.717, 1.165) is 37.9 Å². The number of fused-ring (bicyclic) bond motifs is 4. The molecular formula is C22H29N5O4. The number of H-pyrrole nitrogens is 1. The van der Waals surface area contributed by atoms with Crippen LogP contribution >= 0.6 is 0 Å². The smallest absolute Gasteiger partial charge is 0.356 e. The van der Waals surface area contributed by atoms with Gasteiger partial charge in [0.15, 0.2) is 0 Å². The molecule has 0 spiro atoms. The Kier molecular flexibility index (Phi) is 5.29. The normalized spacial score (nSPS) is 30.4. The monoisotopic (exact) mass is 427 g/mol. The summed E-state index contributed by atoms with van der Waals surface area (Å²) in [4.78, 5) is 44.6. The van der Waals surface area contributed by atoms with Crippen LogP contribution in [0.2, 0.25) is 0 Å². The van der Waals surface area contributed by atoms with Crippen LogP contribution in [0.15, 0.2) is 18.3 Å². The molecule has 2 amide bonds. The number of aromatic amines is 1. The molecule has 9 nitrogen and oxygen atoms in total. The van der Waals surface area contributed by atoms with Crippen LogP contribution in [0, 0.1) is 11.8 Å². The molecule has 0 radical (unpaired) electrons. The first-order valence-corrected chi connectivity index (χ1v) is 11.1. The molecule has 2 bridgehead atoms. The highest BCUT2D eigenvalue weighted by molar-refractivity contribution is 5.89. The molecule has 0 aromatic carbocycles. The summed E-state index contributed by atoms with van der Waals surface area (Å²) in [5.41, 5.74) is 1.18. The first kappa shape index (κ1) is 20.2. The highest BCUT2D eigenvalue weighted by Gasteiger charge is 2.52. The first-order chi connectivity index (χ1) is 15.1. The molecule has 166 valence electrons. The molecule has 3 saturated heterocycles. The van der Waals surface area contributed by atoms with Gasteiger partial charge in [0.2, 0.25) is 11.8 Å². The van der Waals surface area contributed by atoms with E-state index in [-0.39, 0.29) is 29.8 Å². The number of likely N-dealkylation sites (tertiary alicyclic amines) is 1. The molecule has 0 unspecified atom stereocenters. The summed E-state index contributed by atoms with van der Waals surface area (Å²) in [7, 11) is 1.36. The van der Waals surface area contributed by atoms with Crippen molar-refractivity contribution < 1.29 is 19.1 Å². The van der Waals surface area contributed by atoms with Crippen LogP contribution in [0.1, 0.15) is 41.7 Å². The third-order valence-corrected chi connectivity index (χ3v) is 7.30. The van der Waals surface area contributed by atoms with Gasteiger partial charge in [0.1, 0.15) is 11.7 Å². The second-order valence-electron chi connectivity index (χ2n) is 9.13. The average Bonchev–Trinajstić information content (AvgIpc) is 3.46. The van der Waals surface area contributed by atoms with Crippen LogP contribution in [0.5, 0.6) is 0 Å². The number of carbonyl (C=O) groups excluding carboxylic acids is 3. The number of methoxy groups -OCH3 is 1. The first-order valence-electron chi connectivity index (χ1n) is 11.1. The number of rotatable bonds is 4. The molecule has 3 fully saturated rings. The van der Waals surface area contributed by atoms with Gasteiger partial charge in [-0.1, -0.05) is 12.2 Å². The zero-order valence-electron chi connectivity index (χ0n) is 17.8. The van der Waals surface area contributed by atoms with E-state index in [2.05, 4.69) is 15.1 Å². The Morgan fingerprint density at radius 3 is 2.77 bits per heavy atom. The summed E-state index contributed by atoms with van der Waals surface area (Å²) >= 11 is 0. The zero-order chi connectivity index (χ0) is 21.5. The van der Waals surface area contributed by atoms with E-state index in [1.165, 1.54) is 7.11 Å². The van der Waals surface area contributed by atoms with Gasteiger partial charge in [-0.15, -0.1) is 0 Å². The van der Waals surface area contributed by atoms with Gasteiger partial charge in [-0.25, -0.2) is 4.79 Å². The number of piperidine rings is 3. The fourth-order valence-corrected chi connectivity index (χ4v) is 6.00. The van der Waals surface area contributed by atoms with E-state index >= 15 is 0 Å². The maximum atomic E-state index is 13.5. The fraction of sp³-hybridized carbons (Fsp3) is 0.636. The van der Waals surface area contributed by atoms with Gasteiger partial charge in [-0.3, -0.25) is 19.6 Å². The van der Waals surface area contributed by atoms with E-state index in [4.69, 9.17) is 4.74 Å². The molecule has 31 heavy (non-hydrogen) atoms. The van der Waals surface area contributed by atoms with E-state index < -0.39 is 5.97 Å². The van der Waals surface area contributed by atoms with Gasteiger partial charge in [-0.2, -0.15) is 5.10 Å². The van der Waals surface area contributed by atoms with Crippen LogP contribution in [-0.2, 0) is 20.9 Å². The number of hydrogen-bond acceptors (Lipinski definition) is 6. The molecule has 0 aliphatic carbocycles. The number of nitrogens with zero attached hydrogens (tertiary/aromatic N) is 4. The standard InChI is InChI=1S/C22H29N5O4/c1-31-22(30)19-16(10-23-24-19)13-25-11-14-9-15(12-25)20(21(29)26-7-2-3-8-26)27-17(14)5-4-6-18(27)28/h2-3,10,14-15,17,20H,4-9,11-13H2,1H3,(H,23,24)/t14-,15+,17-,20+/m0/s1. The number of nitrogens with one attached hydrogen (secondary N) is 1. The highest BCUT2D eigenvalue weighted by atomic mass is 16.5. The molecule has 4 aliphatic heterocycles. The van der Waals surface area contributed by atoms with Crippen molar-refractivity contribution in [1.29, 1.82) is 0 Å². The molecule has 1 aromatic rings. The van der Waals surface area contributed by atoms with Crippen molar-refractivity contribution in [2.24, 2.45) is 11.8 Å². The lowest BCUT2D eigenvalue weighted by molar-refractivity contribution is -0.164. The second-order valence-corrected chi connectivity index (χ2v) is 9.13. The molecule has 1 N–H and O–H groups in total. The lowest BCUT2D eigenvalue weighted by Crippen LogP contribution is -2.68. The number of esters is 1. The van der Waals surface area contributed by atoms with E-state index in [1.54, 1.807) is 6.20 Å². The molecule has 5 heterocycles. The molecular weight excluding hydrogens is 398 g/mol. The average molecular weight is 428 g/mol. The number of carbonyl (C=O) groups is 3. The molecule has 4 atom stereocenters. The van der Waals surface area contributed by atoms with Gasteiger partial charge in [0.25, 0.3) is 0 Å². The Hall–Kier alpha value is -2.68. The summed E-state index contributed by atoms with van der Waals surface area (Å²) in [6, 6.07) is -0.268. The number of aromatic nitrogens is 2. The third-order valence-electron chi connectivity index (χ3n) is 7.30. The predicted octanol–water partition coefficient (Wildman–Crippen LogP) is 0.796. The lowest BCUT2D eigenvalue weighted by Gasteiger charge is -2.56. The Morgan fingerprint density at radius 2 is 2.00 bits per heavy atom. The quantitative estimate of drug-likeness (QED) is 0.564. The van der Waals surface area contributed by atoms with Crippen LogP contribution in [0.25, 0.3) is 0 Å². The molecule has 0 saturated carbocycles. The van der Waals surface area contributed by atoms with Crippen LogP contribution in [0.3, 0.4) is 0 Å². The molecule has 4 aliphatic rings. The van der Waals surface area contributed by atoms with Crippen LogP contribution < -0.4 is 0 Å². The third kappa shape index (κ3) is 3.54. The van der Waals surface area contributed by atoms with Gasteiger partial charge >= 0.3 is 5.97 Å². The van der Waals surface area contributed by atoms with Gasteiger partial charge in [0, 0.05) is 56.7 Å². The Morgan fingerprint density at radius 1 is 1.23 bits per heavy atom. The van der Waals surface area contributed by atoms with Crippen molar-refractivity contribution in [3.8, 4) is 0 Å². The largest absolute Gasteiger partial charge is 0.464 e.